The van der Waals surface area contributed by atoms with E-state index in [0.717, 1.165) is 0 Å². The lowest BCUT2D eigenvalue weighted by atomic mass is 10.2. The Morgan fingerprint density at radius 1 is 1.42 bits per heavy atom. The van der Waals surface area contributed by atoms with Gasteiger partial charge in [0, 0.05) is 22.4 Å². The van der Waals surface area contributed by atoms with Crippen LogP contribution in [0.2, 0.25) is 0 Å². The summed E-state index contributed by atoms with van der Waals surface area (Å²) in [5.74, 6) is 1.23. The van der Waals surface area contributed by atoms with E-state index in [-0.39, 0.29) is 0 Å². The maximum absolute atomic E-state index is 3.50. The van der Waals surface area contributed by atoms with Gasteiger partial charge in [-0.2, -0.15) is 0 Å². The fraction of sp³-hybridized carbons (Fsp3) is 0.400. The fourth-order valence-electron chi connectivity index (χ4n) is 1.40. The van der Waals surface area contributed by atoms with Crippen LogP contribution in [0.25, 0.3) is 0 Å². The summed E-state index contributed by atoms with van der Waals surface area (Å²) in [6.07, 6.45) is 1.25. The average Bonchev–Trinajstić information content (AvgIpc) is 2.25. The van der Waals surface area contributed by atoms with Crippen LogP contribution in [-0.4, -0.2) is 11.8 Å². The molecule has 1 aliphatic rings. The lowest BCUT2D eigenvalue weighted by Crippen LogP contribution is -2.13. The van der Waals surface area contributed by atoms with Crippen molar-refractivity contribution in [3.05, 3.63) is 24.3 Å². The minimum absolute atomic E-state index is 0.612. The molecule has 64 valence electrons. The van der Waals surface area contributed by atoms with E-state index in [4.69, 9.17) is 0 Å². The first-order chi connectivity index (χ1) is 5.86. The molecule has 1 atom stereocenters. The molecular weight excluding hydrogens is 166 g/mol. The predicted octanol–water partition coefficient (Wildman–Crippen LogP) is 2.98. The third-order valence-electron chi connectivity index (χ3n) is 2.10. The Morgan fingerprint density at radius 2 is 2.25 bits per heavy atom. The lowest BCUT2D eigenvalue weighted by Gasteiger charge is -2.11. The summed E-state index contributed by atoms with van der Waals surface area (Å²) >= 11 is 1.95. The van der Waals surface area contributed by atoms with Crippen molar-refractivity contribution in [1.29, 1.82) is 0 Å². The second-order valence-corrected chi connectivity index (χ2v) is 4.32. The smallest absolute Gasteiger partial charge is 0.0480 e. The summed E-state index contributed by atoms with van der Waals surface area (Å²) in [6, 6.07) is 9.14. The van der Waals surface area contributed by atoms with Gasteiger partial charge >= 0.3 is 0 Å². The molecule has 0 aromatic heterocycles. The van der Waals surface area contributed by atoms with Crippen molar-refractivity contribution in [2.45, 2.75) is 24.3 Å². The van der Waals surface area contributed by atoms with E-state index in [0.29, 0.717) is 6.04 Å². The highest BCUT2D eigenvalue weighted by molar-refractivity contribution is 7.99. The van der Waals surface area contributed by atoms with Crippen LogP contribution in [0.15, 0.2) is 29.2 Å². The van der Waals surface area contributed by atoms with Crippen molar-refractivity contribution < 1.29 is 0 Å². The second-order valence-electron chi connectivity index (χ2n) is 3.18. The topological polar surface area (TPSA) is 12.0 Å². The monoisotopic (exact) mass is 179 g/mol. The normalized spacial score (nSPS) is 22.2. The Bertz CT molecular complexity index is 272. The Balaban J connectivity index is 2.31. The van der Waals surface area contributed by atoms with Crippen LogP contribution in [0.3, 0.4) is 0 Å². The zero-order valence-corrected chi connectivity index (χ0v) is 8.03. The first-order valence-electron chi connectivity index (χ1n) is 4.34. The zero-order valence-electron chi connectivity index (χ0n) is 7.21. The van der Waals surface area contributed by atoms with E-state index in [1.54, 1.807) is 0 Å². The number of benzene rings is 1. The van der Waals surface area contributed by atoms with Crippen molar-refractivity contribution in [2.75, 3.05) is 11.1 Å². The number of para-hydroxylation sites is 1. The number of nitrogens with one attached hydrogen (secondary N) is 1. The van der Waals surface area contributed by atoms with Gasteiger partial charge in [0.15, 0.2) is 0 Å². The van der Waals surface area contributed by atoms with Crippen molar-refractivity contribution in [3.8, 4) is 0 Å². The molecule has 0 spiro atoms. The summed E-state index contributed by atoms with van der Waals surface area (Å²) in [6.45, 7) is 2.24. The summed E-state index contributed by atoms with van der Waals surface area (Å²) in [5.41, 5.74) is 1.30. The summed E-state index contributed by atoms with van der Waals surface area (Å²) in [7, 11) is 0. The molecule has 1 aliphatic heterocycles. The molecule has 0 aliphatic carbocycles. The Labute approximate surface area is 77.6 Å². The number of hydrogen-bond acceptors (Lipinski definition) is 2. The fourth-order valence-corrected chi connectivity index (χ4v) is 2.54. The number of hydrogen-bond donors (Lipinski definition) is 1. The van der Waals surface area contributed by atoms with Crippen LogP contribution in [0.1, 0.15) is 13.3 Å². The minimum atomic E-state index is 0.612. The van der Waals surface area contributed by atoms with E-state index in [1.165, 1.54) is 22.8 Å². The summed E-state index contributed by atoms with van der Waals surface area (Å²) < 4.78 is 0. The summed E-state index contributed by atoms with van der Waals surface area (Å²) in [4.78, 5) is 1.39. The average molecular weight is 179 g/mol. The van der Waals surface area contributed by atoms with Crippen LogP contribution >= 0.6 is 11.8 Å². The van der Waals surface area contributed by atoms with E-state index in [2.05, 4.69) is 36.5 Å². The van der Waals surface area contributed by atoms with Gasteiger partial charge in [-0.05, 0) is 25.5 Å². The molecule has 0 fully saturated rings. The van der Waals surface area contributed by atoms with Gasteiger partial charge in [0.05, 0.1) is 0 Å². The van der Waals surface area contributed by atoms with Crippen molar-refractivity contribution in [1.82, 2.24) is 0 Å². The number of thioether (sulfide) groups is 1. The molecule has 1 nitrogen and oxygen atoms in total. The van der Waals surface area contributed by atoms with Crippen LogP contribution in [-0.2, 0) is 0 Å². The molecule has 0 saturated carbocycles. The highest BCUT2D eigenvalue weighted by Crippen LogP contribution is 2.31. The Kier molecular flexibility index (Phi) is 2.26. The molecule has 1 N–H and O–H groups in total. The Morgan fingerprint density at radius 3 is 3.17 bits per heavy atom. The molecule has 0 radical (unpaired) electrons. The van der Waals surface area contributed by atoms with E-state index in [1.807, 2.05) is 11.8 Å². The van der Waals surface area contributed by atoms with Gasteiger partial charge in [-0.15, -0.1) is 11.8 Å². The largest absolute Gasteiger partial charge is 0.382 e. The zero-order chi connectivity index (χ0) is 8.39. The van der Waals surface area contributed by atoms with Gasteiger partial charge < -0.3 is 5.32 Å². The quantitative estimate of drug-likeness (QED) is 0.657. The lowest BCUT2D eigenvalue weighted by molar-refractivity contribution is 0.775. The van der Waals surface area contributed by atoms with Crippen LogP contribution in [0.5, 0.6) is 0 Å². The molecule has 0 saturated heterocycles. The number of rotatable bonds is 0. The first kappa shape index (κ1) is 7.99. The molecule has 2 heteroatoms. The van der Waals surface area contributed by atoms with E-state index >= 15 is 0 Å². The molecule has 1 aromatic carbocycles. The van der Waals surface area contributed by atoms with Gasteiger partial charge in [-0.3, -0.25) is 0 Å². The molecule has 0 bridgehead atoms. The van der Waals surface area contributed by atoms with Crippen molar-refractivity contribution in [3.63, 3.8) is 0 Å². The highest BCUT2D eigenvalue weighted by Gasteiger charge is 2.10. The molecule has 1 unspecified atom stereocenters. The van der Waals surface area contributed by atoms with Crippen LogP contribution < -0.4 is 5.32 Å². The second kappa shape index (κ2) is 3.40. The molecule has 1 heterocycles. The van der Waals surface area contributed by atoms with Crippen molar-refractivity contribution >= 4 is 17.4 Å². The SMILES string of the molecule is CC1CCSc2ccccc2N1. The molecular formula is C10H13NS. The number of anilines is 1. The minimum Gasteiger partial charge on any atom is -0.382 e. The number of fused-ring (bicyclic) bond motifs is 1. The molecule has 12 heavy (non-hydrogen) atoms. The Hall–Kier alpha value is -0.630. The third-order valence-corrected chi connectivity index (χ3v) is 3.20. The molecule has 1 aromatic rings. The predicted molar refractivity (Wildman–Crippen MR) is 54.9 cm³/mol. The highest BCUT2D eigenvalue weighted by atomic mass is 32.2. The third kappa shape index (κ3) is 1.58. The summed E-state index contributed by atoms with van der Waals surface area (Å²) in [5, 5.41) is 3.50. The maximum Gasteiger partial charge on any atom is 0.0480 e. The van der Waals surface area contributed by atoms with Gasteiger partial charge in [-0.1, -0.05) is 12.1 Å². The van der Waals surface area contributed by atoms with E-state index in [9.17, 15) is 0 Å². The van der Waals surface area contributed by atoms with E-state index < -0.39 is 0 Å². The van der Waals surface area contributed by atoms with Gasteiger partial charge in [0.1, 0.15) is 0 Å². The van der Waals surface area contributed by atoms with Gasteiger partial charge in [0.2, 0.25) is 0 Å². The van der Waals surface area contributed by atoms with Gasteiger partial charge in [-0.25, -0.2) is 0 Å². The van der Waals surface area contributed by atoms with Crippen molar-refractivity contribution in [2.24, 2.45) is 0 Å². The standard InChI is InChI=1S/C10H13NS/c1-8-6-7-12-10-5-3-2-4-9(10)11-8/h2-5,8,11H,6-7H2,1H3. The van der Waals surface area contributed by atoms with Gasteiger partial charge in [0.25, 0.3) is 0 Å². The van der Waals surface area contributed by atoms with Crippen LogP contribution in [0.4, 0.5) is 5.69 Å². The maximum atomic E-state index is 3.50. The van der Waals surface area contributed by atoms with Crippen LogP contribution in [0, 0.1) is 0 Å². The first-order valence-corrected chi connectivity index (χ1v) is 5.33. The molecule has 2 rings (SSSR count). The molecule has 0 amide bonds.